The average Bonchev–Trinajstić information content (AvgIpc) is 3.13. The van der Waals surface area contributed by atoms with Crippen molar-refractivity contribution in [2.24, 2.45) is 5.92 Å². The van der Waals surface area contributed by atoms with Crippen LogP contribution in [0.5, 0.6) is 0 Å². The molecular weight excluding hydrogens is 352 g/mol. The highest BCUT2D eigenvalue weighted by Gasteiger charge is 2.36. The third-order valence-electron chi connectivity index (χ3n) is 5.63. The summed E-state index contributed by atoms with van der Waals surface area (Å²) in [6.07, 6.45) is 7.41. The Labute approximate surface area is 158 Å². The molecule has 4 rings (SSSR count). The van der Waals surface area contributed by atoms with Gasteiger partial charge in [-0.2, -0.15) is 0 Å². The number of benzene rings is 1. The van der Waals surface area contributed by atoms with Crippen LogP contribution in [0.15, 0.2) is 23.6 Å². The Morgan fingerprint density at radius 2 is 2.04 bits per heavy atom. The molecule has 1 aliphatic carbocycles. The Balaban J connectivity index is 1.56. The van der Waals surface area contributed by atoms with Gasteiger partial charge in [0.15, 0.2) is 0 Å². The predicted molar refractivity (Wildman–Crippen MR) is 103 cm³/mol. The molecule has 2 unspecified atom stereocenters. The molecule has 1 amide bonds. The number of thiazole rings is 1. The van der Waals surface area contributed by atoms with E-state index >= 15 is 0 Å². The summed E-state index contributed by atoms with van der Waals surface area (Å²) in [5, 5.41) is 3.56. The van der Waals surface area contributed by atoms with Crippen molar-refractivity contribution in [1.29, 1.82) is 0 Å². The van der Waals surface area contributed by atoms with Crippen molar-refractivity contribution in [3.63, 3.8) is 0 Å². The molecule has 1 aromatic carbocycles. The number of likely N-dealkylation sites (tertiary alicyclic amines) is 1. The number of hydrogen-bond acceptors (Lipinski definition) is 3. The van der Waals surface area contributed by atoms with Gasteiger partial charge in [0.05, 0.1) is 0 Å². The molecule has 132 valence electrons. The topological polar surface area (TPSA) is 33.2 Å². The first-order chi connectivity index (χ1) is 12.1. The van der Waals surface area contributed by atoms with Crippen LogP contribution in [0.3, 0.4) is 0 Å². The molecule has 1 saturated heterocycles. The van der Waals surface area contributed by atoms with Crippen LogP contribution >= 0.6 is 22.9 Å². The van der Waals surface area contributed by atoms with E-state index in [0.29, 0.717) is 17.7 Å². The zero-order valence-electron chi connectivity index (χ0n) is 14.5. The van der Waals surface area contributed by atoms with Gasteiger partial charge in [-0.15, -0.1) is 11.3 Å². The van der Waals surface area contributed by atoms with Gasteiger partial charge in [0, 0.05) is 28.6 Å². The van der Waals surface area contributed by atoms with E-state index in [9.17, 15) is 4.79 Å². The van der Waals surface area contributed by atoms with Crippen molar-refractivity contribution in [2.75, 3.05) is 6.54 Å². The van der Waals surface area contributed by atoms with E-state index < -0.39 is 0 Å². The smallest absolute Gasteiger partial charge is 0.273 e. The van der Waals surface area contributed by atoms with Gasteiger partial charge in [-0.25, -0.2) is 4.98 Å². The van der Waals surface area contributed by atoms with Gasteiger partial charge in [0.1, 0.15) is 10.7 Å². The first-order valence-corrected chi connectivity index (χ1v) is 10.4. The van der Waals surface area contributed by atoms with Crippen LogP contribution in [0.1, 0.15) is 54.6 Å². The number of halogens is 1. The quantitative estimate of drug-likeness (QED) is 0.688. The van der Waals surface area contributed by atoms with Crippen molar-refractivity contribution < 1.29 is 4.79 Å². The fraction of sp³-hybridized carbons (Fsp3) is 0.500. The maximum Gasteiger partial charge on any atom is 0.273 e. The van der Waals surface area contributed by atoms with Gasteiger partial charge in [-0.3, -0.25) is 4.79 Å². The molecule has 0 radical (unpaired) electrons. The first-order valence-electron chi connectivity index (χ1n) is 9.16. The van der Waals surface area contributed by atoms with E-state index in [1.807, 2.05) is 30.5 Å². The first kappa shape index (κ1) is 17.0. The normalized spacial score (nSPS) is 23.4. The second kappa shape index (κ2) is 7.08. The molecule has 0 N–H and O–H groups in total. The lowest BCUT2D eigenvalue weighted by atomic mass is 9.78. The predicted octanol–water partition coefficient (Wildman–Crippen LogP) is 5.57. The summed E-state index contributed by atoms with van der Waals surface area (Å²) in [7, 11) is 0. The van der Waals surface area contributed by atoms with Gasteiger partial charge < -0.3 is 4.90 Å². The van der Waals surface area contributed by atoms with E-state index in [4.69, 9.17) is 11.6 Å². The maximum absolute atomic E-state index is 13.1. The molecule has 0 bridgehead atoms. The fourth-order valence-electron chi connectivity index (χ4n) is 4.31. The van der Waals surface area contributed by atoms with Crippen molar-refractivity contribution in [1.82, 2.24) is 9.88 Å². The van der Waals surface area contributed by atoms with E-state index in [2.05, 4.69) is 9.88 Å². The van der Waals surface area contributed by atoms with Crippen LogP contribution in [0.2, 0.25) is 5.02 Å². The van der Waals surface area contributed by atoms with Crippen LogP contribution in [0.4, 0.5) is 0 Å². The molecule has 1 saturated carbocycles. The van der Waals surface area contributed by atoms with E-state index in [1.54, 1.807) is 0 Å². The highest BCUT2D eigenvalue weighted by molar-refractivity contribution is 7.13. The zero-order chi connectivity index (χ0) is 17.4. The number of nitrogens with zero attached hydrogens (tertiary/aromatic N) is 2. The largest absolute Gasteiger partial charge is 0.334 e. The van der Waals surface area contributed by atoms with Crippen LogP contribution in [0.25, 0.3) is 10.6 Å². The summed E-state index contributed by atoms with van der Waals surface area (Å²) in [4.78, 5) is 19.8. The second-order valence-electron chi connectivity index (χ2n) is 7.25. The van der Waals surface area contributed by atoms with Crippen LogP contribution < -0.4 is 0 Å². The van der Waals surface area contributed by atoms with Gasteiger partial charge in [-0.05, 0) is 56.2 Å². The lowest BCUT2D eigenvalue weighted by Crippen LogP contribution is -2.49. The number of aromatic nitrogens is 1. The molecule has 2 fully saturated rings. The summed E-state index contributed by atoms with van der Waals surface area (Å²) in [6, 6.07) is 6.33. The Morgan fingerprint density at radius 1 is 1.24 bits per heavy atom. The van der Waals surface area contributed by atoms with E-state index in [0.717, 1.165) is 40.5 Å². The number of carbonyl (C=O) groups is 1. The van der Waals surface area contributed by atoms with Crippen LogP contribution in [-0.2, 0) is 0 Å². The summed E-state index contributed by atoms with van der Waals surface area (Å²) in [6.45, 7) is 2.87. The molecule has 2 heterocycles. The number of amides is 1. The lowest BCUT2D eigenvalue weighted by molar-refractivity contribution is 0.0386. The SMILES string of the molecule is Cc1cc(-c2nc(C(=O)N3CCCC4CCCCC43)cs2)ccc1Cl. The summed E-state index contributed by atoms with van der Waals surface area (Å²) >= 11 is 7.65. The Morgan fingerprint density at radius 3 is 2.88 bits per heavy atom. The van der Waals surface area contributed by atoms with Gasteiger partial charge in [-0.1, -0.05) is 30.5 Å². The Hall–Kier alpha value is -1.39. The molecule has 2 atom stereocenters. The van der Waals surface area contributed by atoms with Crippen LogP contribution in [-0.4, -0.2) is 28.4 Å². The summed E-state index contributed by atoms with van der Waals surface area (Å²) in [5.41, 5.74) is 2.65. The molecule has 25 heavy (non-hydrogen) atoms. The highest BCUT2D eigenvalue weighted by atomic mass is 35.5. The number of hydrogen-bond donors (Lipinski definition) is 0. The van der Waals surface area contributed by atoms with E-state index in [1.165, 1.54) is 37.0 Å². The maximum atomic E-state index is 13.1. The van der Waals surface area contributed by atoms with Crippen molar-refractivity contribution in [2.45, 2.75) is 51.5 Å². The number of aryl methyl sites for hydroxylation is 1. The third-order valence-corrected chi connectivity index (χ3v) is 6.95. The molecule has 1 aliphatic heterocycles. The average molecular weight is 375 g/mol. The number of carbonyl (C=O) groups excluding carboxylic acids is 1. The number of fused-ring (bicyclic) bond motifs is 1. The van der Waals surface area contributed by atoms with Gasteiger partial charge >= 0.3 is 0 Å². The lowest BCUT2D eigenvalue weighted by Gasteiger charge is -2.43. The minimum atomic E-state index is 0.116. The number of rotatable bonds is 2. The Bertz CT molecular complexity index is 786. The minimum Gasteiger partial charge on any atom is -0.334 e. The molecule has 3 nitrogen and oxygen atoms in total. The molecule has 0 spiro atoms. The van der Waals surface area contributed by atoms with Gasteiger partial charge in [0.2, 0.25) is 0 Å². The molecule has 2 aliphatic rings. The summed E-state index contributed by atoms with van der Waals surface area (Å²) in [5.74, 6) is 0.813. The molecular formula is C20H23ClN2OS. The molecule has 2 aromatic rings. The highest BCUT2D eigenvalue weighted by Crippen LogP contribution is 2.36. The van der Waals surface area contributed by atoms with Crippen LogP contribution in [0, 0.1) is 12.8 Å². The third kappa shape index (κ3) is 3.34. The van der Waals surface area contributed by atoms with Crippen molar-refractivity contribution in [3.8, 4) is 10.6 Å². The minimum absolute atomic E-state index is 0.116. The summed E-state index contributed by atoms with van der Waals surface area (Å²) < 4.78 is 0. The van der Waals surface area contributed by atoms with Crippen molar-refractivity contribution in [3.05, 3.63) is 39.9 Å². The number of piperidine rings is 1. The molecule has 5 heteroatoms. The van der Waals surface area contributed by atoms with E-state index in [-0.39, 0.29) is 5.91 Å². The molecule has 1 aromatic heterocycles. The fourth-order valence-corrected chi connectivity index (χ4v) is 5.21. The van der Waals surface area contributed by atoms with Crippen molar-refractivity contribution >= 4 is 28.8 Å². The zero-order valence-corrected chi connectivity index (χ0v) is 16.1. The van der Waals surface area contributed by atoms with Gasteiger partial charge in [0.25, 0.3) is 5.91 Å². The monoisotopic (exact) mass is 374 g/mol. The Kier molecular flexibility index (Phi) is 4.83. The standard InChI is InChI=1S/C20H23ClN2OS/c1-13-11-15(8-9-16(13)21)19-22-17(12-25-19)20(24)23-10-4-6-14-5-2-3-7-18(14)23/h8-9,11-12,14,18H,2-7,10H2,1H3. The second-order valence-corrected chi connectivity index (χ2v) is 8.52.